The third-order valence-corrected chi connectivity index (χ3v) is 3.98. The maximum absolute atomic E-state index is 10.6. The Labute approximate surface area is 182 Å². The molecule has 1 atom stereocenters. The van der Waals surface area contributed by atoms with Gasteiger partial charge in [-0.05, 0) is 31.9 Å². The lowest BCUT2D eigenvalue weighted by molar-refractivity contribution is -0.384. The zero-order valence-electron chi connectivity index (χ0n) is 16.2. The number of nitrogens with zero attached hydrogens (tertiary/aromatic N) is 2. The highest BCUT2D eigenvalue weighted by molar-refractivity contribution is 14.0. The Kier molecular flexibility index (Phi) is 12.5. The third kappa shape index (κ3) is 9.51. The zero-order valence-corrected chi connectivity index (χ0v) is 18.5. The highest BCUT2D eigenvalue weighted by atomic mass is 127. The molecule has 1 fully saturated rings. The minimum atomic E-state index is -0.406. The summed E-state index contributed by atoms with van der Waals surface area (Å²) in [5.41, 5.74) is 0.932. The highest BCUT2D eigenvalue weighted by Crippen LogP contribution is 2.14. The molecule has 0 radical (unpaired) electrons. The molecule has 1 unspecified atom stereocenters. The van der Waals surface area contributed by atoms with Crippen molar-refractivity contribution in [3.05, 3.63) is 34.4 Å². The van der Waals surface area contributed by atoms with Gasteiger partial charge in [0.15, 0.2) is 5.96 Å². The van der Waals surface area contributed by atoms with Gasteiger partial charge in [0.1, 0.15) is 0 Å². The number of hydrogen-bond acceptors (Lipinski definition) is 6. The van der Waals surface area contributed by atoms with E-state index in [1.54, 1.807) is 12.1 Å². The number of anilines is 1. The van der Waals surface area contributed by atoms with Crippen LogP contribution in [0, 0.1) is 10.1 Å². The number of nitro benzene ring substituents is 1. The van der Waals surface area contributed by atoms with Gasteiger partial charge in [0, 0.05) is 57.2 Å². The molecule has 0 bridgehead atoms. The molecule has 9 nitrogen and oxygen atoms in total. The molecule has 1 aromatic carbocycles. The molecule has 0 spiro atoms. The molecule has 1 aliphatic rings. The molecular formula is C18H30IN5O4. The fourth-order valence-corrected chi connectivity index (χ4v) is 2.58. The second kappa shape index (κ2) is 14.4. The number of halogens is 1. The molecular weight excluding hydrogens is 477 g/mol. The number of benzene rings is 1. The molecule has 158 valence electrons. The lowest BCUT2D eigenvalue weighted by Gasteiger charge is -2.13. The first-order chi connectivity index (χ1) is 13.2. The maximum atomic E-state index is 10.6. The maximum Gasteiger partial charge on any atom is 0.269 e. The van der Waals surface area contributed by atoms with Gasteiger partial charge in [-0.3, -0.25) is 15.1 Å². The van der Waals surface area contributed by atoms with Gasteiger partial charge < -0.3 is 25.4 Å². The topological polar surface area (TPSA) is 110 Å². The lowest BCUT2D eigenvalue weighted by atomic mass is 10.3. The summed E-state index contributed by atoms with van der Waals surface area (Å²) in [4.78, 5) is 14.8. The fourth-order valence-electron chi connectivity index (χ4n) is 2.58. The number of hydrogen-bond donors (Lipinski definition) is 3. The molecule has 1 aliphatic heterocycles. The number of ether oxygens (including phenoxy) is 2. The number of nitrogens with one attached hydrogen (secondary N) is 3. The van der Waals surface area contributed by atoms with Crippen molar-refractivity contribution in [3.63, 3.8) is 0 Å². The summed E-state index contributed by atoms with van der Waals surface area (Å²) < 4.78 is 11.0. The monoisotopic (exact) mass is 507 g/mol. The Bertz CT molecular complexity index is 594. The second-order valence-corrected chi connectivity index (χ2v) is 6.13. The lowest BCUT2D eigenvalue weighted by Crippen LogP contribution is -2.39. The van der Waals surface area contributed by atoms with Crippen LogP contribution in [-0.4, -0.2) is 63.0 Å². The van der Waals surface area contributed by atoms with Gasteiger partial charge in [-0.15, -0.1) is 24.0 Å². The predicted octanol–water partition coefficient (Wildman–Crippen LogP) is 2.38. The van der Waals surface area contributed by atoms with Gasteiger partial charge in [-0.25, -0.2) is 0 Å². The second-order valence-electron chi connectivity index (χ2n) is 6.13. The van der Waals surface area contributed by atoms with Gasteiger partial charge in [0.05, 0.1) is 17.6 Å². The Hall–Kier alpha value is -1.66. The number of rotatable bonds is 11. The minimum Gasteiger partial charge on any atom is -0.383 e. The molecule has 0 amide bonds. The Morgan fingerprint density at radius 2 is 2.11 bits per heavy atom. The first kappa shape index (κ1) is 24.4. The standard InChI is InChI=1S/C18H29N5O4.HI/c1-2-19-18(21-9-3-12-27-17-8-13-26-14-17)22-11-10-20-15-4-6-16(7-5-15)23(24)25;/h4-7,17,20H,2-3,8-14H2,1H3,(H2,19,21,22);1H. The molecule has 0 aliphatic carbocycles. The minimum absolute atomic E-state index is 0. The summed E-state index contributed by atoms with van der Waals surface area (Å²) in [6.45, 7) is 7.05. The molecule has 2 rings (SSSR count). The number of aliphatic imine (C=N–C) groups is 1. The van der Waals surface area contributed by atoms with Crippen molar-refractivity contribution in [3.8, 4) is 0 Å². The van der Waals surface area contributed by atoms with E-state index in [0.29, 0.717) is 32.8 Å². The summed E-state index contributed by atoms with van der Waals surface area (Å²) in [6.07, 6.45) is 2.09. The van der Waals surface area contributed by atoms with Crippen LogP contribution in [0.15, 0.2) is 29.3 Å². The Balaban J connectivity index is 0.00000392. The predicted molar refractivity (Wildman–Crippen MR) is 121 cm³/mol. The van der Waals surface area contributed by atoms with Gasteiger partial charge in [-0.2, -0.15) is 0 Å². The number of nitro groups is 1. The third-order valence-electron chi connectivity index (χ3n) is 3.98. The molecule has 1 heterocycles. The van der Waals surface area contributed by atoms with Crippen molar-refractivity contribution in [2.24, 2.45) is 4.99 Å². The summed E-state index contributed by atoms with van der Waals surface area (Å²) in [6, 6.07) is 6.38. The average Bonchev–Trinajstić information content (AvgIpc) is 3.18. The molecule has 0 saturated carbocycles. The van der Waals surface area contributed by atoms with Crippen LogP contribution >= 0.6 is 24.0 Å². The molecule has 1 aromatic rings. The summed E-state index contributed by atoms with van der Waals surface area (Å²) in [5, 5.41) is 20.3. The van der Waals surface area contributed by atoms with E-state index in [1.165, 1.54) is 12.1 Å². The van der Waals surface area contributed by atoms with E-state index >= 15 is 0 Å². The van der Waals surface area contributed by atoms with Crippen molar-refractivity contribution in [1.29, 1.82) is 0 Å². The van der Waals surface area contributed by atoms with E-state index in [2.05, 4.69) is 20.9 Å². The van der Waals surface area contributed by atoms with Crippen LogP contribution < -0.4 is 16.0 Å². The summed E-state index contributed by atoms with van der Waals surface area (Å²) >= 11 is 0. The summed E-state index contributed by atoms with van der Waals surface area (Å²) in [7, 11) is 0. The van der Waals surface area contributed by atoms with Crippen molar-refractivity contribution >= 4 is 41.3 Å². The van der Waals surface area contributed by atoms with Crippen molar-refractivity contribution in [2.45, 2.75) is 25.9 Å². The molecule has 28 heavy (non-hydrogen) atoms. The van der Waals surface area contributed by atoms with Gasteiger partial charge in [0.25, 0.3) is 5.69 Å². The van der Waals surface area contributed by atoms with Crippen LogP contribution in [0.2, 0.25) is 0 Å². The fraction of sp³-hybridized carbons (Fsp3) is 0.611. The molecule has 0 aromatic heterocycles. The SMILES string of the molecule is CCNC(=NCCCOC1CCOC1)NCCNc1ccc([N+](=O)[O-])cc1.I. The van der Waals surface area contributed by atoms with E-state index in [-0.39, 0.29) is 35.8 Å². The largest absolute Gasteiger partial charge is 0.383 e. The Morgan fingerprint density at radius 3 is 2.75 bits per heavy atom. The van der Waals surface area contributed by atoms with Gasteiger partial charge in [-0.1, -0.05) is 0 Å². The first-order valence-electron chi connectivity index (χ1n) is 9.39. The van der Waals surface area contributed by atoms with E-state index < -0.39 is 4.92 Å². The normalized spacial score (nSPS) is 16.3. The summed E-state index contributed by atoms with van der Waals surface area (Å²) in [5.74, 6) is 0.771. The van der Waals surface area contributed by atoms with Crippen LogP contribution in [0.4, 0.5) is 11.4 Å². The van der Waals surface area contributed by atoms with E-state index in [0.717, 1.165) is 37.6 Å². The molecule has 1 saturated heterocycles. The van der Waals surface area contributed by atoms with Crippen LogP contribution in [0.3, 0.4) is 0 Å². The van der Waals surface area contributed by atoms with E-state index in [9.17, 15) is 10.1 Å². The molecule has 3 N–H and O–H groups in total. The highest BCUT2D eigenvalue weighted by Gasteiger charge is 2.15. The van der Waals surface area contributed by atoms with Crippen LogP contribution in [-0.2, 0) is 9.47 Å². The van der Waals surface area contributed by atoms with Crippen molar-refractivity contribution in [1.82, 2.24) is 10.6 Å². The van der Waals surface area contributed by atoms with Crippen molar-refractivity contribution in [2.75, 3.05) is 51.3 Å². The van der Waals surface area contributed by atoms with Gasteiger partial charge >= 0.3 is 0 Å². The first-order valence-corrected chi connectivity index (χ1v) is 9.39. The van der Waals surface area contributed by atoms with Crippen LogP contribution in [0.1, 0.15) is 19.8 Å². The zero-order chi connectivity index (χ0) is 19.3. The number of non-ortho nitro benzene ring substituents is 1. The van der Waals surface area contributed by atoms with E-state index in [1.807, 2.05) is 6.92 Å². The molecule has 10 heteroatoms. The smallest absolute Gasteiger partial charge is 0.269 e. The Morgan fingerprint density at radius 1 is 1.32 bits per heavy atom. The van der Waals surface area contributed by atoms with Crippen LogP contribution in [0.25, 0.3) is 0 Å². The van der Waals surface area contributed by atoms with E-state index in [4.69, 9.17) is 9.47 Å². The quantitative estimate of drug-likeness (QED) is 0.105. The average molecular weight is 507 g/mol. The van der Waals surface area contributed by atoms with Crippen molar-refractivity contribution < 1.29 is 14.4 Å². The number of guanidine groups is 1. The van der Waals surface area contributed by atoms with Gasteiger partial charge in [0.2, 0.25) is 0 Å². The van der Waals surface area contributed by atoms with Crippen LogP contribution in [0.5, 0.6) is 0 Å².